The number of hydrogen-bond donors (Lipinski definition) is 1. The molecule has 0 aliphatic heterocycles. The fourth-order valence-electron chi connectivity index (χ4n) is 2.05. The molecule has 0 atom stereocenters. The zero-order valence-corrected chi connectivity index (χ0v) is 11.9. The first kappa shape index (κ1) is 15.6. The Morgan fingerprint density at radius 2 is 1.62 bits per heavy atom. The van der Waals surface area contributed by atoms with Crippen LogP contribution in [0.4, 0.5) is 18.9 Å². The first-order valence-electron chi connectivity index (χ1n) is 6.02. The lowest BCUT2D eigenvalue weighted by molar-refractivity contribution is -0.137. The molecule has 1 aliphatic rings. The normalized spacial score (nSPS) is 16.9. The summed E-state index contributed by atoms with van der Waals surface area (Å²) in [5.74, 6) is -0.762. The third kappa shape index (κ3) is 2.81. The van der Waals surface area contributed by atoms with Crippen LogP contribution in [0.25, 0.3) is 0 Å². The predicted molar refractivity (Wildman–Crippen MR) is 72.3 cm³/mol. The molecule has 0 unspecified atom stereocenters. The van der Waals surface area contributed by atoms with Gasteiger partial charge in [-0.2, -0.15) is 13.2 Å². The van der Waals surface area contributed by atoms with Crippen molar-refractivity contribution in [1.82, 2.24) is 0 Å². The van der Waals surface area contributed by atoms with E-state index >= 15 is 0 Å². The summed E-state index contributed by atoms with van der Waals surface area (Å²) in [5.41, 5.74) is -0.0718. The number of Topliss-reactive ketones (excluding diaryl/α,β-unsaturated/α-hetero) is 2. The highest BCUT2D eigenvalue weighted by molar-refractivity contribution is 6.32. The molecule has 1 aliphatic carbocycles. The molecule has 0 radical (unpaired) electrons. The van der Waals surface area contributed by atoms with Gasteiger partial charge in [-0.05, 0) is 32.0 Å². The van der Waals surface area contributed by atoms with Gasteiger partial charge in [-0.3, -0.25) is 9.59 Å². The molecule has 112 valence electrons. The molecule has 1 aromatic rings. The summed E-state index contributed by atoms with van der Waals surface area (Å²) in [4.78, 5) is 23.8. The van der Waals surface area contributed by atoms with Gasteiger partial charge in [-0.1, -0.05) is 11.6 Å². The molecule has 0 fully saturated rings. The van der Waals surface area contributed by atoms with E-state index in [2.05, 4.69) is 5.32 Å². The Labute approximate surface area is 123 Å². The zero-order valence-electron chi connectivity index (χ0n) is 11.1. The largest absolute Gasteiger partial charge is 0.417 e. The molecule has 0 saturated heterocycles. The molecule has 0 heterocycles. The topological polar surface area (TPSA) is 46.2 Å². The number of nitrogens with one attached hydrogen (secondary N) is 1. The van der Waals surface area contributed by atoms with E-state index in [-0.39, 0.29) is 17.3 Å². The maximum absolute atomic E-state index is 12.6. The van der Waals surface area contributed by atoms with Gasteiger partial charge >= 0.3 is 6.18 Å². The Morgan fingerprint density at radius 3 is 2.05 bits per heavy atom. The molecule has 0 aromatic heterocycles. The third-order valence-corrected chi connectivity index (χ3v) is 3.72. The van der Waals surface area contributed by atoms with Crippen molar-refractivity contribution in [3.63, 3.8) is 0 Å². The van der Waals surface area contributed by atoms with E-state index in [9.17, 15) is 22.8 Å². The number of anilines is 1. The molecule has 3 nitrogen and oxygen atoms in total. The number of halogens is 4. The van der Waals surface area contributed by atoms with Crippen LogP contribution < -0.4 is 5.32 Å². The lowest BCUT2D eigenvalue weighted by Gasteiger charge is -2.14. The average molecular weight is 318 g/mol. The molecule has 1 N–H and O–H groups in total. The van der Waals surface area contributed by atoms with Crippen molar-refractivity contribution in [2.24, 2.45) is 0 Å². The number of alkyl halides is 3. The Morgan fingerprint density at radius 1 is 1.10 bits per heavy atom. The van der Waals surface area contributed by atoms with Gasteiger partial charge in [0.25, 0.3) is 0 Å². The van der Waals surface area contributed by atoms with Crippen LogP contribution in [0, 0.1) is 0 Å². The van der Waals surface area contributed by atoms with Crippen LogP contribution in [0.1, 0.15) is 19.4 Å². The van der Waals surface area contributed by atoms with E-state index in [0.29, 0.717) is 11.1 Å². The molecule has 21 heavy (non-hydrogen) atoms. The monoisotopic (exact) mass is 317 g/mol. The summed E-state index contributed by atoms with van der Waals surface area (Å²) in [6.45, 7) is 3.08. The lowest BCUT2D eigenvalue weighted by atomic mass is 10.1. The quantitative estimate of drug-likeness (QED) is 0.847. The van der Waals surface area contributed by atoms with Crippen molar-refractivity contribution < 1.29 is 22.8 Å². The van der Waals surface area contributed by atoms with E-state index in [1.807, 2.05) is 0 Å². The van der Waals surface area contributed by atoms with Gasteiger partial charge in [-0.15, -0.1) is 0 Å². The highest BCUT2D eigenvalue weighted by Gasteiger charge is 2.37. The van der Waals surface area contributed by atoms with Crippen LogP contribution in [0.2, 0.25) is 5.02 Å². The van der Waals surface area contributed by atoms with E-state index in [0.717, 1.165) is 18.2 Å². The summed E-state index contributed by atoms with van der Waals surface area (Å²) in [6.07, 6.45) is -4.55. The minimum absolute atomic E-state index is 0.183. The third-order valence-electron chi connectivity index (χ3n) is 3.41. The molecule has 0 spiro atoms. The van der Waals surface area contributed by atoms with Gasteiger partial charge < -0.3 is 5.32 Å². The van der Waals surface area contributed by atoms with Crippen LogP contribution in [0.3, 0.4) is 0 Å². The minimum atomic E-state index is -4.55. The summed E-state index contributed by atoms with van der Waals surface area (Å²) in [7, 11) is 0. The Balaban J connectivity index is 2.25. The lowest BCUT2D eigenvalue weighted by Crippen LogP contribution is -2.32. The number of benzene rings is 1. The first-order valence-corrected chi connectivity index (χ1v) is 6.40. The van der Waals surface area contributed by atoms with Gasteiger partial charge in [0.05, 0.1) is 10.6 Å². The maximum Gasteiger partial charge on any atom is 0.417 e. The standard InChI is InChI=1S/C14H11ClF3NO2/c1-6-7(2)13(21)11(12(6)20)19-8-3-4-9(10(15)5-8)14(16,17)18/h3-5,11,19H,1-2H3. The van der Waals surface area contributed by atoms with Crippen LogP contribution in [-0.4, -0.2) is 17.6 Å². The number of carbonyl (C=O) groups is 2. The van der Waals surface area contributed by atoms with Crippen LogP contribution in [-0.2, 0) is 15.8 Å². The van der Waals surface area contributed by atoms with Crippen molar-refractivity contribution in [1.29, 1.82) is 0 Å². The van der Waals surface area contributed by atoms with E-state index in [4.69, 9.17) is 11.6 Å². The fraction of sp³-hybridized carbons (Fsp3) is 0.286. The van der Waals surface area contributed by atoms with E-state index in [1.165, 1.54) is 13.8 Å². The maximum atomic E-state index is 12.6. The molecular weight excluding hydrogens is 307 g/mol. The van der Waals surface area contributed by atoms with Gasteiger partial charge in [0.1, 0.15) is 0 Å². The van der Waals surface area contributed by atoms with Crippen molar-refractivity contribution >= 4 is 28.9 Å². The SMILES string of the molecule is CC1=C(C)C(=O)C(Nc2ccc(C(F)(F)F)c(Cl)c2)C1=O. The van der Waals surface area contributed by atoms with Crippen molar-refractivity contribution in [3.8, 4) is 0 Å². The second-order valence-corrected chi connectivity index (χ2v) is 5.16. The van der Waals surface area contributed by atoms with Crippen molar-refractivity contribution in [2.45, 2.75) is 26.1 Å². The molecule has 0 amide bonds. The average Bonchev–Trinajstić information content (AvgIpc) is 2.55. The molecule has 1 aromatic carbocycles. The summed E-state index contributed by atoms with van der Waals surface area (Å²) in [6, 6.07) is 1.89. The fourth-order valence-corrected chi connectivity index (χ4v) is 2.34. The molecular formula is C14H11ClF3NO2. The second-order valence-electron chi connectivity index (χ2n) is 4.75. The molecule has 2 rings (SSSR count). The van der Waals surface area contributed by atoms with Gasteiger partial charge in [0.15, 0.2) is 17.6 Å². The van der Waals surface area contributed by atoms with Crippen LogP contribution in [0.5, 0.6) is 0 Å². The number of carbonyl (C=O) groups excluding carboxylic acids is 2. The van der Waals surface area contributed by atoms with E-state index < -0.39 is 22.8 Å². The van der Waals surface area contributed by atoms with Crippen molar-refractivity contribution in [2.75, 3.05) is 5.32 Å². The van der Waals surface area contributed by atoms with Gasteiger partial charge in [0, 0.05) is 16.8 Å². The van der Waals surface area contributed by atoms with Gasteiger partial charge in [-0.25, -0.2) is 0 Å². The summed E-state index contributed by atoms with van der Waals surface area (Å²) >= 11 is 5.59. The predicted octanol–water partition coefficient (Wildman–Crippen LogP) is 3.63. The number of rotatable bonds is 2. The summed E-state index contributed by atoms with van der Waals surface area (Å²) in [5, 5.41) is 2.13. The van der Waals surface area contributed by atoms with Crippen molar-refractivity contribution in [3.05, 3.63) is 39.9 Å². The molecule has 0 saturated carbocycles. The van der Waals surface area contributed by atoms with Crippen LogP contribution >= 0.6 is 11.6 Å². The highest BCUT2D eigenvalue weighted by atomic mass is 35.5. The molecule has 7 heteroatoms. The second kappa shape index (κ2) is 5.18. The van der Waals surface area contributed by atoms with Crippen LogP contribution in [0.15, 0.2) is 29.3 Å². The highest BCUT2D eigenvalue weighted by Crippen LogP contribution is 2.36. The smallest absolute Gasteiger partial charge is 0.369 e. The Hall–Kier alpha value is -1.82. The minimum Gasteiger partial charge on any atom is -0.369 e. The first-order chi connectivity index (χ1) is 9.62. The zero-order chi connectivity index (χ0) is 15.9. The Bertz CT molecular complexity index is 641. The van der Waals surface area contributed by atoms with Gasteiger partial charge in [0.2, 0.25) is 0 Å². The summed E-state index contributed by atoms with van der Waals surface area (Å²) < 4.78 is 37.8. The number of hydrogen-bond acceptors (Lipinski definition) is 3. The molecule has 0 bridgehead atoms. The number of ketones is 2. The van der Waals surface area contributed by atoms with E-state index in [1.54, 1.807) is 0 Å². The Kier molecular flexibility index (Phi) is 3.84.